The summed E-state index contributed by atoms with van der Waals surface area (Å²) in [6.07, 6.45) is 5.05. The smallest absolute Gasteiger partial charge is 0.225 e. The Morgan fingerprint density at radius 1 is 1.14 bits per heavy atom. The summed E-state index contributed by atoms with van der Waals surface area (Å²) >= 11 is 0. The summed E-state index contributed by atoms with van der Waals surface area (Å²) in [5.41, 5.74) is 5.18. The monoisotopic (exact) mass is 300 g/mol. The third kappa shape index (κ3) is 3.56. The topological polar surface area (TPSA) is 55.1 Å². The highest BCUT2D eigenvalue weighted by atomic mass is 19.2. The maximum absolute atomic E-state index is 13.5. The maximum Gasteiger partial charge on any atom is 0.225 e. The summed E-state index contributed by atoms with van der Waals surface area (Å²) in [6.45, 7) is 0.390. The standard InChI is InChI=1S/C15H19F3N2O/c16-10-4-5-11(14(18)13(10)17)20-12(21)8-15(9-19)6-2-1-3-7-15/h4-5H,1-3,6-9,19H2,(H,20,21). The molecule has 1 fully saturated rings. The van der Waals surface area contributed by atoms with Crippen LogP contribution < -0.4 is 11.1 Å². The zero-order chi connectivity index (χ0) is 15.5. The van der Waals surface area contributed by atoms with E-state index in [1.165, 1.54) is 0 Å². The van der Waals surface area contributed by atoms with Gasteiger partial charge >= 0.3 is 0 Å². The molecule has 1 saturated carbocycles. The molecule has 6 heteroatoms. The highest BCUT2D eigenvalue weighted by Crippen LogP contribution is 2.38. The van der Waals surface area contributed by atoms with E-state index in [1.54, 1.807) is 0 Å². The Hall–Kier alpha value is -1.56. The lowest BCUT2D eigenvalue weighted by atomic mass is 9.71. The number of benzene rings is 1. The summed E-state index contributed by atoms with van der Waals surface area (Å²) < 4.78 is 39.5. The van der Waals surface area contributed by atoms with Crippen molar-refractivity contribution in [2.75, 3.05) is 11.9 Å². The predicted molar refractivity (Wildman–Crippen MR) is 74.1 cm³/mol. The van der Waals surface area contributed by atoms with Gasteiger partial charge in [0.05, 0.1) is 5.69 Å². The quantitative estimate of drug-likeness (QED) is 0.838. The zero-order valence-electron chi connectivity index (χ0n) is 11.7. The first-order chi connectivity index (χ1) is 9.97. The molecule has 0 radical (unpaired) electrons. The molecule has 1 aliphatic rings. The normalized spacial score (nSPS) is 17.5. The van der Waals surface area contributed by atoms with Crippen LogP contribution >= 0.6 is 0 Å². The van der Waals surface area contributed by atoms with Gasteiger partial charge in [0.1, 0.15) is 0 Å². The lowest BCUT2D eigenvalue weighted by molar-refractivity contribution is -0.118. The average Bonchev–Trinajstić information content (AvgIpc) is 2.49. The molecule has 0 heterocycles. The number of nitrogens with one attached hydrogen (secondary N) is 1. The Bertz CT molecular complexity index is 528. The van der Waals surface area contributed by atoms with Gasteiger partial charge in [-0.1, -0.05) is 19.3 Å². The van der Waals surface area contributed by atoms with E-state index in [0.717, 1.165) is 44.2 Å². The number of carbonyl (C=O) groups is 1. The predicted octanol–water partition coefficient (Wildman–Crippen LogP) is 3.34. The summed E-state index contributed by atoms with van der Waals surface area (Å²) in [4.78, 5) is 12.0. The van der Waals surface area contributed by atoms with Crippen LogP contribution in [0.1, 0.15) is 38.5 Å². The fourth-order valence-electron chi connectivity index (χ4n) is 2.91. The van der Waals surface area contributed by atoms with Crippen molar-refractivity contribution >= 4 is 11.6 Å². The Labute approximate surface area is 121 Å². The molecule has 0 spiro atoms. The van der Waals surface area contributed by atoms with Crippen LogP contribution in [0, 0.1) is 22.9 Å². The molecule has 3 nitrogen and oxygen atoms in total. The van der Waals surface area contributed by atoms with Crippen LogP contribution in [-0.4, -0.2) is 12.5 Å². The maximum atomic E-state index is 13.5. The number of carbonyl (C=O) groups excluding carboxylic acids is 1. The van der Waals surface area contributed by atoms with Crippen molar-refractivity contribution in [3.63, 3.8) is 0 Å². The Morgan fingerprint density at radius 2 is 1.81 bits per heavy atom. The minimum atomic E-state index is -1.58. The molecule has 1 aromatic carbocycles. The number of hydrogen-bond acceptors (Lipinski definition) is 2. The second-order valence-corrected chi connectivity index (χ2v) is 5.71. The van der Waals surface area contributed by atoms with E-state index in [9.17, 15) is 18.0 Å². The lowest BCUT2D eigenvalue weighted by Crippen LogP contribution is -2.36. The van der Waals surface area contributed by atoms with Gasteiger partial charge in [-0.3, -0.25) is 4.79 Å². The second-order valence-electron chi connectivity index (χ2n) is 5.71. The zero-order valence-corrected chi connectivity index (χ0v) is 11.7. The van der Waals surface area contributed by atoms with Crippen LogP contribution in [0.4, 0.5) is 18.9 Å². The molecular weight excluding hydrogens is 281 g/mol. The van der Waals surface area contributed by atoms with E-state index in [4.69, 9.17) is 5.73 Å². The molecule has 0 aromatic heterocycles. The second kappa shape index (κ2) is 6.47. The van der Waals surface area contributed by atoms with E-state index in [2.05, 4.69) is 5.32 Å². The van der Waals surface area contributed by atoms with Gasteiger partial charge in [-0.05, 0) is 36.9 Å². The number of hydrogen-bond donors (Lipinski definition) is 2. The van der Waals surface area contributed by atoms with Gasteiger partial charge in [0.25, 0.3) is 0 Å². The summed E-state index contributed by atoms with van der Waals surface area (Å²) in [6, 6.07) is 1.80. The molecule has 21 heavy (non-hydrogen) atoms. The van der Waals surface area contributed by atoms with Crippen LogP contribution in [0.3, 0.4) is 0 Å². The highest BCUT2D eigenvalue weighted by Gasteiger charge is 2.33. The van der Waals surface area contributed by atoms with Crippen LogP contribution in [0.15, 0.2) is 12.1 Å². The first-order valence-corrected chi connectivity index (χ1v) is 7.11. The third-order valence-corrected chi connectivity index (χ3v) is 4.19. The minimum absolute atomic E-state index is 0.169. The molecule has 116 valence electrons. The largest absolute Gasteiger partial charge is 0.330 e. The van der Waals surface area contributed by atoms with E-state index >= 15 is 0 Å². The molecule has 0 unspecified atom stereocenters. The van der Waals surface area contributed by atoms with Gasteiger partial charge in [0, 0.05) is 6.42 Å². The number of nitrogens with two attached hydrogens (primary N) is 1. The molecule has 3 N–H and O–H groups in total. The van der Waals surface area contributed by atoms with Crippen molar-refractivity contribution in [3.05, 3.63) is 29.6 Å². The highest BCUT2D eigenvalue weighted by molar-refractivity contribution is 5.91. The van der Waals surface area contributed by atoms with Crippen molar-refractivity contribution in [1.29, 1.82) is 0 Å². The number of halogens is 3. The Kier molecular flexibility index (Phi) is 4.88. The first kappa shape index (κ1) is 15.8. The van der Waals surface area contributed by atoms with Gasteiger partial charge in [0.2, 0.25) is 5.91 Å². The molecule has 1 aromatic rings. The van der Waals surface area contributed by atoms with E-state index < -0.39 is 23.4 Å². The van der Waals surface area contributed by atoms with Gasteiger partial charge in [-0.2, -0.15) is 0 Å². The van der Waals surface area contributed by atoms with E-state index in [0.29, 0.717) is 6.54 Å². The van der Waals surface area contributed by atoms with Crippen molar-refractivity contribution < 1.29 is 18.0 Å². The Morgan fingerprint density at radius 3 is 2.43 bits per heavy atom. The molecule has 0 saturated heterocycles. The third-order valence-electron chi connectivity index (χ3n) is 4.19. The minimum Gasteiger partial charge on any atom is -0.330 e. The number of anilines is 1. The molecule has 1 aliphatic carbocycles. The number of amides is 1. The van der Waals surface area contributed by atoms with Gasteiger partial charge in [-0.15, -0.1) is 0 Å². The number of rotatable bonds is 4. The van der Waals surface area contributed by atoms with E-state index in [-0.39, 0.29) is 17.5 Å². The van der Waals surface area contributed by atoms with Gasteiger partial charge in [0.15, 0.2) is 17.5 Å². The first-order valence-electron chi connectivity index (χ1n) is 7.11. The lowest BCUT2D eigenvalue weighted by Gasteiger charge is -2.35. The van der Waals surface area contributed by atoms with Crippen molar-refractivity contribution in [1.82, 2.24) is 0 Å². The van der Waals surface area contributed by atoms with Crippen LogP contribution in [0.25, 0.3) is 0 Å². The SMILES string of the molecule is NCC1(CC(=O)Nc2ccc(F)c(F)c2F)CCCCC1. The molecule has 0 atom stereocenters. The van der Waals surface area contributed by atoms with Crippen molar-refractivity contribution in [3.8, 4) is 0 Å². The van der Waals surface area contributed by atoms with Crippen LogP contribution in [0.5, 0.6) is 0 Å². The summed E-state index contributed by atoms with van der Waals surface area (Å²) in [5.74, 6) is -4.67. The summed E-state index contributed by atoms with van der Waals surface area (Å²) in [7, 11) is 0. The van der Waals surface area contributed by atoms with Gasteiger partial charge < -0.3 is 11.1 Å². The molecule has 1 amide bonds. The van der Waals surface area contributed by atoms with Gasteiger partial charge in [-0.25, -0.2) is 13.2 Å². The molecule has 0 bridgehead atoms. The molecular formula is C15H19F3N2O. The fourth-order valence-corrected chi connectivity index (χ4v) is 2.91. The fraction of sp³-hybridized carbons (Fsp3) is 0.533. The van der Waals surface area contributed by atoms with E-state index in [1.807, 2.05) is 0 Å². The summed E-state index contributed by atoms with van der Waals surface area (Å²) in [5, 5.41) is 2.31. The van der Waals surface area contributed by atoms with Crippen LogP contribution in [0.2, 0.25) is 0 Å². The average molecular weight is 300 g/mol. The molecule has 0 aliphatic heterocycles. The van der Waals surface area contributed by atoms with Crippen molar-refractivity contribution in [2.45, 2.75) is 38.5 Å². The Balaban J connectivity index is 2.06. The molecule has 2 rings (SSSR count). The van der Waals surface area contributed by atoms with Crippen LogP contribution in [-0.2, 0) is 4.79 Å². The van der Waals surface area contributed by atoms with Crippen molar-refractivity contribution in [2.24, 2.45) is 11.1 Å².